The molecule has 2 N–H and O–H groups in total. The van der Waals surface area contributed by atoms with E-state index >= 15 is 0 Å². The summed E-state index contributed by atoms with van der Waals surface area (Å²) in [5.74, 6) is -0.610. The van der Waals surface area contributed by atoms with Gasteiger partial charge in [-0.05, 0) is 19.8 Å². The van der Waals surface area contributed by atoms with Gasteiger partial charge < -0.3 is 24.8 Å². The highest BCUT2D eigenvalue weighted by molar-refractivity contribution is 5.75. The SMILES string of the molecule is CCC1OCCC1CNC(=O)N1CC(C)(OCC(=O)O)C1. The smallest absolute Gasteiger partial charge is 0.329 e. The van der Waals surface area contributed by atoms with Crippen LogP contribution in [0.15, 0.2) is 0 Å². The first kappa shape index (κ1) is 16.0. The standard InChI is InChI=1S/C14H24N2O5/c1-3-11-10(4-5-20-11)6-15-13(19)16-8-14(2,9-16)21-7-12(17)18/h10-11H,3-9H2,1-2H3,(H,15,19)(H,17,18). The van der Waals surface area contributed by atoms with Gasteiger partial charge in [-0.1, -0.05) is 6.92 Å². The van der Waals surface area contributed by atoms with Crippen molar-refractivity contribution in [1.82, 2.24) is 10.2 Å². The molecule has 2 aliphatic rings. The number of nitrogens with zero attached hydrogens (tertiary/aromatic N) is 1. The monoisotopic (exact) mass is 300 g/mol. The number of aliphatic carboxylic acids is 1. The third kappa shape index (κ3) is 4.07. The molecule has 2 aliphatic heterocycles. The van der Waals surface area contributed by atoms with E-state index in [0.717, 1.165) is 19.4 Å². The van der Waals surface area contributed by atoms with Crippen LogP contribution in [0.2, 0.25) is 0 Å². The van der Waals surface area contributed by atoms with Crippen molar-refractivity contribution in [2.24, 2.45) is 5.92 Å². The molecule has 120 valence electrons. The summed E-state index contributed by atoms with van der Waals surface area (Å²) in [7, 11) is 0. The maximum Gasteiger partial charge on any atom is 0.329 e. The minimum atomic E-state index is -0.994. The van der Waals surface area contributed by atoms with Crippen molar-refractivity contribution in [2.75, 3.05) is 32.8 Å². The quantitative estimate of drug-likeness (QED) is 0.753. The first-order valence-corrected chi connectivity index (χ1v) is 7.43. The number of carbonyl (C=O) groups excluding carboxylic acids is 1. The molecular formula is C14H24N2O5. The van der Waals surface area contributed by atoms with Gasteiger partial charge in [0.15, 0.2) is 0 Å². The van der Waals surface area contributed by atoms with Crippen LogP contribution in [0.3, 0.4) is 0 Å². The van der Waals surface area contributed by atoms with Gasteiger partial charge in [-0.15, -0.1) is 0 Å². The summed E-state index contributed by atoms with van der Waals surface area (Å²) in [5, 5.41) is 11.5. The van der Waals surface area contributed by atoms with Gasteiger partial charge >= 0.3 is 12.0 Å². The molecule has 21 heavy (non-hydrogen) atoms. The molecule has 0 spiro atoms. The molecule has 0 aliphatic carbocycles. The average molecular weight is 300 g/mol. The summed E-state index contributed by atoms with van der Waals surface area (Å²) in [6, 6.07) is -0.117. The second-order valence-corrected chi connectivity index (χ2v) is 6.04. The summed E-state index contributed by atoms with van der Waals surface area (Å²) < 4.78 is 10.9. The molecule has 0 aromatic rings. The molecule has 7 nitrogen and oxygen atoms in total. The van der Waals surface area contributed by atoms with Gasteiger partial charge in [0.2, 0.25) is 0 Å². The van der Waals surface area contributed by atoms with Crippen LogP contribution >= 0.6 is 0 Å². The van der Waals surface area contributed by atoms with Crippen molar-refractivity contribution in [3.63, 3.8) is 0 Å². The molecule has 7 heteroatoms. The Bertz CT molecular complexity index is 395. The Morgan fingerprint density at radius 2 is 2.19 bits per heavy atom. The van der Waals surface area contributed by atoms with E-state index in [1.54, 1.807) is 4.90 Å². The van der Waals surface area contributed by atoms with Crippen LogP contribution in [0, 0.1) is 5.92 Å². The number of ether oxygens (including phenoxy) is 2. The summed E-state index contributed by atoms with van der Waals surface area (Å²) in [5.41, 5.74) is -0.543. The zero-order valence-corrected chi connectivity index (χ0v) is 12.6. The highest BCUT2D eigenvalue weighted by Gasteiger charge is 2.43. The molecule has 0 aromatic heterocycles. The Morgan fingerprint density at radius 1 is 1.48 bits per heavy atom. The van der Waals surface area contributed by atoms with Gasteiger partial charge in [0.25, 0.3) is 0 Å². The maximum absolute atomic E-state index is 12.0. The molecule has 2 fully saturated rings. The third-order valence-electron chi connectivity index (χ3n) is 4.15. The summed E-state index contributed by atoms with van der Waals surface area (Å²) in [6.45, 7) is 5.81. The number of rotatable bonds is 6. The first-order chi connectivity index (χ1) is 9.93. The van der Waals surface area contributed by atoms with Crippen LogP contribution in [-0.4, -0.2) is 66.6 Å². The molecule has 0 saturated carbocycles. The number of hydrogen-bond donors (Lipinski definition) is 2. The number of urea groups is 1. The fourth-order valence-electron chi connectivity index (χ4n) is 2.94. The molecule has 2 unspecified atom stereocenters. The summed E-state index contributed by atoms with van der Waals surface area (Å²) in [6.07, 6.45) is 2.19. The Morgan fingerprint density at radius 3 is 2.81 bits per heavy atom. The molecule has 2 heterocycles. The zero-order chi connectivity index (χ0) is 15.5. The van der Waals surface area contributed by atoms with Gasteiger partial charge in [0.1, 0.15) is 12.2 Å². The second kappa shape index (κ2) is 6.62. The molecule has 2 atom stereocenters. The van der Waals surface area contributed by atoms with E-state index in [9.17, 15) is 9.59 Å². The molecule has 2 amide bonds. The lowest BCUT2D eigenvalue weighted by Crippen LogP contribution is -2.65. The maximum atomic E-state index is 12.0. The van der Waals surface area contributed by atoms with Gasteiger partial charge in [-0.25, -0.2) is 9.59 Å². The van der Waals surface area contributed by atoms with Crippen molar-refractivity contribution in [3.05, 3.63) is 0 Å². The topological polar surface area (TPSA) is 88.1 Å². The van der Waals surface area contributed by atoms with Crippen LogP contribution in [0.5, 0.6) is 0 Å². The Labute approximate surface area is 124 Å². The minimum Gasteiger partial charge on any atom is -0.480 e. The average Bonchev–Trinajstić information content (AvgIpc) is 2.86. The number of nitrogens with one attached hydrogen (secondary N) is 1. The van der Waals surface area contributed by atoms with E-state index in [1.807, 2.05) is 6.92 Å². The summed E-state index contributed by atoms with van der Waals surface area (Å²) >= 11 is 0. The Hall–Kier alpha value is -1.34. The number of carboxylic acid groups (broad SMARTS) is 1. The number of amides is 2. The van der Waals surface area contributed by atoms with E-state index < -0.39 is 11.6 Å². The largest absolute Gasteiger partial charge is 0.480 e. The van der Waals surface area contributed by atoms with E-state index in [-0.39, 0.29) is 18.7 Å². The lowest BCUT2D eigenvalue weighted by molar-refractivity contribution is -0.159. The van der Waals surface area contributed by atoms with Gasteiger partial charge in [-0.2, -0.15) is 0 Å². The third-order valence-corrected chi connectivity index (χ3v) is 4.15. The summed E-state index contributed by atoms with van der Waals surface area (Å²) in [4.78, 5) is 24.1. The molecule has 0 bridgehead atoms. The number of carbonyl (C=O) groups is 2. The van der Waals surface area contributed by atoms with E-state index in [1.165, 1.54) is 0 Å². The predicted molar refractivity (Wildman–Crippen MR) is 75.1 cm³/mol. The highest BCUT2D eigenvalue weighted by atomic mass is 16.5. The molecule has 2 rings (SSSR count). The van der Waals surface area contributed by atoms with Crippen LogP contribution in [-0.2, 0) is 14.3 Å². The van der Waals surface area contributed by atoms with E-state index in [2.05, 4.69) is 12.2 Å². The predicted octanol–water partition coefficient (Wildman–Crippen LogP) is 0.687. The lowest BCUT2D eigenvalue weighted by atomic mass is 9.96. The van der Waals surface area contributed by atoms with Crippen molar-refractivity contribution < 1.29 is 24.2 Å². The van der Waals surface area contributed by atoms with Crippen LogP contribution in [0.4, 0.5) is 4.79 Å². The normalized spacial score (nSPS) is 27.2. The fourth-order valence-corrected chi connectivity index (χ4v) is 2.94. The van der Waals surface area contributed by atoms with E-state index in [0.29, 0.717) is 25.6 Å². The first-order valence-electron chi connectivity index (χ1n) is 7.43. The fraction of sp³-hybridized carbons (Fsp3) is 0.857. The van der Waals surface area contributed by atoms with Crippen molar-refractivity contribution >= 4 is 12.0 Å². The van der Waals surface area contributed by atoms with E-state index in [4.69, 9.17) is 14.6 Å². The second-order valence-electron chi connectivity index (χ2n) is 6.04. The van der Waals surface area contributed by atoms with Gasteiger partial charge in [-0.3, -0.25) is 0 Å². The number of carboxylic acids is 1. The lowest BCUT2D eigenvalue weighted by Gasteiger charge is -2.47. The molecule has 0 aromatic carbocycles. The highest BCUT2D eigenvalue weighted by Crippen LogP contribution is 2.25. The molecule has 0 radical (unpaired) electrons. The van der Waals surface area contributed by atoms with Gasteiger partial charge in [0.05, 0.1) is 19.2 Å². The molecule has 2 saturated heterocycles. The molecular weight excluding hydrogens is 276 g/mol. The zero-order valence-electron chi connectivity index (χ0n) is 12.6. The Kier molecular flexibility index (Phi) is 5.05. The number of likely N-dealkylation sites (tertiary alicyclic amines) is 1. The van der Waals surface area contributed by atoms with Crippen LogP contribution in [0.1, 0.15) is 26.7 Å². The minimum absolute atomic E-state index is 0.117. The van der Waals surface area contributed by atoms with Gasteiger partial charge in [0, 0.05) is 19.1 Å². The van der Waals surface area contributed by atoms with Crippen molar-refractivity contribution in [3.8, 4) is 0 Å². The van der Waals surface area contributed by atoms with Crippen LogP contribution in [0.25, 0.3) is 0 Å². The van der Waals surface area contributed by atoms with Crippen molar-refractivity contribution in [1.29, 1.82) is 0 Å². The van der Waals surface area contributed by atoms with Crippen LogP contribution < -0.4 is 5.32 Å². The van der Waals surface area contributed by atoms with Crippen molar-refractivity contribution in [2.45, 2.75) is 38.4 Å². The Balaban J connectivity index is 1.68. The number of hydrogen-bond acceptors (Lipinski definition) is 4.